The Bertz CT molecular complexity index is 689. The first kappa shape index (κ1) is 23.0. The van der Waals surface area contributed by atoms with Gasteiger partial charge >= 0.3 is 0 Å². The van der Waals surface area contributed by atoms with E-state index in [4.69, 9.17) is 9.47 Å². The summed E-state index contributed by atoms with van der Waals surface area (Å²) in [5, 5.41) is 3.09. The summed E-state index contributed by atoms with van der Waals surface area (Å²) in [7, 11) is 3.22. The van der Waals surface area contributed by atoms with Crippen molar-refractivity contribution in [1.29, 1.82) is 0 Å². The van der Waals surface area contributed by atoms with Crippen molar-refractivity contribution in [3.05, 3.63) is 23.8 Å². The molecule has 0 radical (unpaired) electrons. The minimum atomic E-state index is -0.250. The van der Waals surface area contributed by atoms with E-state index in [1.807, 2.05) is 25.1 Å². The Balaban J connectivity index is 1.81. The molecule has 6 nitrogen and oxygen atoms in total. The summed E-state index contributed by atoms with van der Waals surface area (Å²) in [5.41, 5.74) is 1.07. The predicted octanol–water partition coefficient (Wildman–Crippen LogP) is 3.43. The Morgan fingerprint density at radius 3 is 2.55 bits per heavy atom. The molecule has 1 aliphatic rings. The molecule has 1 heterocycles. The second kappa shape index (κ2) is 11.1. The van der Waals surface area contributed by atoms with Crippen LogP contribution >= 0.6 is 0 Å². The average Bonchev–Trinajstić information content (AvgIpc) is 3.06. The number of carbonyl (C=O) groups is 2. The normalized spacial score (nSPS) is 17.5. The molecule has 1 aromatic carbocycles. The number of likely N-dealkylation sites (tertiary alicyclic amines) is 1. The van der Waals surface area contributed by atoms with Gasteiger partial charge in [0.05, 0.1) is 20.1 Å². The lowest BCUT2D eigenvalue weighted by atomic mass is 10.0. The van der Waals surface area contributed by atoms with Crippen molar-refractivity contribution in [2.75, 3.05) is 27.3 Å². The number of hydrogen-bond donors (Lipinski definition) is 1. The van der Waals surface area contributed by atoms with E-state index < -0.39 is 0 Å². The van der Waals surface area contributed by atoms with Crippen LogP contribution in [0.25, 0.3) is 0 Å². The van der Waals surface area contributed by atoms with Crippen LogP contribution in [0.15, 0.2) is 18.2 Å². The molecule has 2 amide bonds. The minimum Gasteiger partial charge on any atom is -0.493 e. The third-order valence-corrected chi connectivity index (χ3v) is 5.51. The lowest BCUT2D eigenvalue weighted by Crippen LogP contribution is -2.38. The van der Waals surface area contributed by atoms with Gasteiger partial charge in [0.25, 0.3) is 0 Å². The molecule has 29 heavy (non-hydrogen) atoms. The van der Waals surface area contributed by atoms with Gasteiger partial charge in [-0.25, -0.2) is 0 Å². The summed E-state index contributed by atoms with van der Waals surface area (Å²) >= 11 is 0. The van der Waals surface area contributed by atoms with Crippen molar-refractivity contribution in [1.82, 2.24) is 10.2 Å². The van der Waals surface area contributed by atoms with E-state index in [2.05, 4.69) is 19.2 Å². The number of nitrogens with one attached hydrogen (secondary N) is 1. The first-order valence-electron chi connectivity index (χ1n) is 10.6. The van der Waals surface area contributed by atoms with Crippen LogP contribution in [0, 0.1) is 11.8 Å². The molecule has 0 spiro atoms. The molecular formula is C23H36N2O4. The SMILES string of the molecule is COc1ccc(CCN2CC(C(=O)NC(C)CCCC(C)C)CC2=O)cc1OC. The zero-order valence-corrected chi connectivity index (χ0v) is 18.5. The first-order valence-corrected chi connectivity index (χ1v) is 10.6. The molecule has 1 aromatic rings. The number of methoxy groups -OCH3 is 2. The molecule has 2 atom stereocenters. The monoisotopic (exact) mass is 404 g/mol. The summed E-state index contributed by atoms with van der Waals surface area (Å²) in [6, 6.07) is 5.93. The fourth-order valence-electron chi connectivity index (χ4n) is 3.73. The zero-order valence-electron chi connectivity index (χ0n) is 18.5. The van der Waals surface area contributed by atoms with Gasteiger partial charge in [0.2, 0.25) is 11.8 Å². The van der Waals surface area contributed by atoms with E-state index in [-0.39, 0.29) is 23.8 Å². The molecule has 0 saturated carbocycles. The maximum absolute atomic E-state index is 12.6. The highest BCUT2D eigenvalue weighted by molar-refractivity contribution is 5.89. The third kappa shape index (κ3) is 6.94. The van der Waals surface area contributed by atoms with E-state index in [1.165, 1.54) is 6.42 Å². The second-order valence-electron chi connectivity index (χ2n) is 8.41. The quantitative estimate of drug-likeness (QED) is 0.614. The van der Waals surface area contributed by atoms with Crippen LogP contribution in [-0.4, -0.2) is 50.1 Å². The Morgan fingerprint density at radius 2 is 1.90 bits per heavy atom. The van der Waals surface area contributed by atoms with Gasteiger partial charge < -0.3 is 19.7 Å². The van der Waals surface area contributed by atoms with Gasteiger partial charge in [-0.15, -0.1) is 0 Å². The lowest BCUT2D eigenvalue weighted by molar-refractivity contribution is -0.129. The zero-order chi connectivity index (χ0) is 21.4. The number of nitrogens with zero attached hydrogens (tertiary/aromatic N) is 1. The predicted molar refractivity (Wildman–Crippen MR) is 114 cm³/mol. The van der Waals surface area contributed by atoms with Crippen LogP contribution in [0.1, 0.15) is 52.0 Å². The van der Waals surface area contributed by atoms with Crippen LogP contribution in [-0.2, 0) is 16.0 Å². The summed E-state index contributed by atoms with van der Waals surface area (Å²) < 4.78 is 10.6. The van der Waals surface area contributed by atoms with E-state index in [0.717, 1.165) is 18.4 Å². The van der Waals surface area contributed by atoms with Crippen molar-refractivity contribution in [2.24, 2.45) is 11.8 Å². The number of amides is 2. The standard InChI is InChI=1S/C23H36N2O4/c1-16(2)7-6-8-17(3)24-23(27)19-14-22(26)25(15-19)12-11-18-9-10-20(28-4)21(13-18)29-5/h9-10,13,16-17,19H,6-8,11-12,14-15H2,1-5H3,(H,24,27). The van der Waals surface area contributed by atoms with Gasteiger partial charge in [-0.05, 0) is 43.4 Å². The van der Waals surface area contributed by atoms with Gasteiger partial charge in [0.1, 0.15) is 0 Å². The molecular weight excluding hydrogens is 368 g/mol. The Morgan fingerprint density at radius 1 is 1.17 bits per heavy atom. The molecule has 2 unspecified atom stereocenters. The Labute approximate surface area is 174 Å². The molecule has 0 aromatic heterocycles. The minimum absolute atomic E-state index is 0.00372. The molecule has 1 N–H and O–H groups in total. The third-order valence-electron chi connectivity index (χ3n) is 5.51. The first-order chi connectivity index (χ1) is 13.8. The fraction of sp³-hybridized carbons (Fsp3) is 0.652. The van der Waals surface area contributed by atoms with E-state index in [1.54, 1.807) is 19.1 Å². The fourth-order valence-corrected chi connectivity index (χ4v) is 3.73. The maximum atomic E-state index is 12.6. The van der Waals surface area contributed by atoms with E-state index >= 15 is 0 Å². The van der Waals surface area contributed by atoms with Crippen molar-refractivity contribution in [2.45, 2.75) is 58.9 Å². The van der Waals surface area contributed by atoms with Gasteiger partial charge in [-0.2, -0.15) is 0 Å². The molecule has 1 saturated heterocycles. The van der Waals surface area contributed by atoms with Crippen LogP contribution in [0.4, 0.5) is 0 Å². The molecule has 0 bridgehead atoms. The average molecular weight is 405 g/mol. The topological polar surface area (TPSA) is 67.9 Å². The smallest absolute Gasteiger partial charge is 0.225 e. The second-order valence-corrected chi connectivity index (χ2v) is 8.41. The highest BCUT2D eigenvalue weighted by Crippen LogP contribution is 2.28. The van der Waals surface area contributed by atoms with Crippen molar-refractivity contribution >= 4 is 11.8 Å². The van der Waals surface area contributed by atoms with Crippen molar-refractivity contribution in [3.63, 3.8) is 0 Å². The van der Waals surface area contributed by atoms with Gasteiger partial charge in [0.15, 0.2) is 11.5 Å². The highest BCUT2D eigenvalue weighted by Gasteiger charge is 2.34. The van der Waals surface area contributed by atoms with Gasteiger partial charge in [-0.1, -0.05) is 32.8 Å². The summed E-state index contributed by atoms with van der Waals surface area (Å²) in [6.07, 6.45) is 4.28. The number of rotatable bonds is 11. The Hall–Kier alpha value is -2.24. The van der Waals surface area contributed by atoms with Crippen LogP contribution in [0.5, 0.6) is 11.5 Å². The van der Waals surface area contributed by atoms with Crippen molar-refractivity contribution < 1.29 is 19.1 Å². The number of carbonyl (C=O) groups excluding carboxylic acids is 2. The van der Waals surface area contributed by atoms with Crippen molar-refractivity contribution in [3.8, 4) is 11.5 Å². The number of hydrogen-bond acceptors (Lipinski definition) is 4. The largest absolute Gasteiger partial charge is 0.493 e. The summed E-state index contributed by atoms with van der Waals surface area (Å²) in [5.74, 6) is 1.86. The van der Waals surface area contributed by atoms with Crippen LogP contribution < -0.4 is 14.8 Å². The summed E-state index contributed by atoms with van der Waals surface area (Å²) in [4.78, 5) is 26.7. The summed E-state index contributed by atoms with van der Waals surface area (Å²) in [6.45, 7) is 7.57. The molecule has 1 fully saturated rings. The molecule has 1 aliphatic heterocycles. The van der Waals surface area contributed by atoms with Crippen LogP contribution in [0.2, 0.25) is 0 Å². The Kier molecular flexibility index (Phi) is 8.80. The van der Waals surface area contributed by atoms with E-state index in [0.29, 0.717) is 43.3 Å². The van der Waals surface area contributed by atoms with Gasteiger partial charge in [-0.3, -0.25) is 9.59 Å². The molecule has 0 aliphatic carbocycles. The number of ether oxygens (including phenoxy) is 2. The lowest BCUT2D eigenvalue weighted by Gasteiger charge is -2.19. The van der Waals surface area contributed by atoms with Gasteiger partial charge in [0, 0.05) is 25.6 Å². The van der Waals surface area contributed by atoms with E-state index in [9.17, 15) is 9.59 Å². The maximum Gasteiger partial charge on any atom is 0.225 e. The number of benzene rings is 1. The molecule has 162 valence electrons. The highest BCUT2D eigenvalue weighted by atomic mass is 16.5. The van der Waals surface area contributed by atoms with Crippen LogP contribution in [0.3, 0.4) is 0 Å². The molecule has 2 rings (SSSR count). The molecule has 6 heteroatoms.